The number of nitrogens with one attached hydrogen (secondary N) is 2. The van der Waals surface area contributed by atoms with Gasteiger partial charge in [0.1, 0.15) is 0 Å². The summed E-state index contributed by atoms with van der Waals surface area (Å²) in [5.41, 5.74) is -7.09. The molecule has 12 heteroatoms. The minimum absolute atomic E-state index is 0.0505. The van der Waals surface area contributed by atoms with Crippen LogP contribution in [0.3, 0.4) is 0 Å². The summed E-state index contributed by atoms with van der Waals surface area (Å²) >= 11 is 0. The summed E-state index contributed by atoms with van der Waals surface area (Å²) in [4.78, 5) is 27.4. The molecule has 3 N–H and O–H groups in total. The highest BCUT2D eigenvalue weighted by molar-refractivity contribution is 5.87. The second kappa shape index (κ2) is 10.5. The van der Waals surface area contributed by atoms with Crippen molar-refractivity contribution in [2.45, 2.75) is 62.1 Å². The SMILES string of the molecule is CC(O)(C(=O)N[C@]1(c2ccccc2)CC[C@@H](N2CCNC(=O)C2)CC1)c1cc(C(F)(F)F)cc(C(F)(F)F)c1. The molecule has 1 saturated heterocycles. The van der Waals surface area contributed by atoms with Crippen molar-refractivity contribution >= 4 is 11.8 Å². The lowest BCUT2D eigenvalue weighted by molar-refractivity contribution is -0.146. The highest BCUT2D eigenvalue weighted by atomic mass is 19.4. The molecule has 1 heterocycles. The van der Waals surface area contributed by atoms with E-state index < -0.39 is 46.1 Å². The van der Waals surface area contributed by atoms with Crippen LogP contribution in [0, 0.1) is 0 Å². The third-order valence-electron chi connectivity index (χ3n) is 7.66. The number of benzene rings is 2. The van der Waals surface area contributed by atoms with Gasteiger partial charge in [-0.25, -0.2) is 0 Å². The molecule has 0 bridgehead atoms. The van der Waals surface area contributed by atoms with E-state index in [1.165, 1.54) is 0 Å². The fourth-order valence-corrected chi connectivity index (χ4v) is 5.38. The van der Waals surface area contributed by atoms with Gasteiger partial charge in [-0.3, -0.25) is 14.5 Å². The first kappa shape index (κ1) is 28.9. The molecule has 2 amide bonds. The number of amides is 2. The van der Waals surface area contributed by atoms with Crippen LogP contribution in [0.15, 0.2) is 48.5 Å². The minimum atomic E-state index is -5.13. The average Bonchev–Trinajstić information content (AvgIpc) is 2.88. The van der Waals surface area contributed by atoms with E-state index in [4.69, 9.17) is 0 Å². The van der Waals surface area contributed by atoms with Crippen LogP contribution in [-0.4, -0.2) is 47.5 Å². The number of hydrogen-bond acceptors (Lipinski definition) is 4. The summed E-state index contributed by atoms with van der Waals surface area (Å²) in [6.45, 7) is 2.33. The van der Waals surface area contributed by atoms with Crippen LogP contribution in [0.2, 0.25) is 0 Å². The molecule has 1 aliphatic heterocycles. The van der Waals surface area contributed by atoms with E-state index in [2.05, 4.69) is 15.5 Å². The summed E-state index contributed by atoms with van der Waals surface area (Å²) in [6.07, 6.45) is -8.33. The van der Waals surface area contributed by atoms with Crippen LogP contribution in [0.1, 0.15) is 54.9 Å². The van der Waals surface area contributed by atoms with E-state index in [1.54, 1.807) is 30.3 Å². The Labute approximate surface area is 221 Å². The molecule has 39 heavy (non-hydrogen) atoms. The normalized spacial score (nSPS) is 24.5. The zero-order valence-electron chi connectivity index (χ0n) is 21.1. The molecule has 1 saturated carbocycles. The summed E-state index contributed by atoms with van der Waals surface area (Å²) in [7, 11) is 0. The van der Waals surface area contributed by atoms with E-state index in [9.17, 15) is 41.0 Å². The van der Waals surface area contributed by atoms with Gasteiger partial charge in [0, 0.05) is 19.1 Å². The number of carbonyl (C=O) groups is 2. The monoisotopic (exact) mass is 557 g/mol. The first-order chi connectivity index (χ1) is 18.1. The molecular weight excluding hydrogens is 528 g/mol. The zero-order chi connectivity index (χ0) is 28.6. The molecule has 2 aromatic carbocycles. The number of carbonyl (C=O) groups excluding carboxylic acids is 2. The van der Waals surface area contributed by atoms with E-state index in [0.29, 0.717) is 56.5 Å². The maximum absolute atomic E-state index is 13.5. The number of rotatable bonds is 5. The molecule has 212 valence electrons. The molecule has 1 unspecified atom stereocenters. The summed E-state index contributed by atoms with van der Waals surface area (Å²) in [5, 5.41) is 16.7. The van der Waals surface area contributed by atoms with Gasteiger partial charge in [-0.05, 0) is 61.9 Å². The second-order valence-electron chi connectivity index (χ2n) is 10.3. The van der Waals surface area contributed by atoms with Crippen LogP contribution in [0.25, 0.3) is 0 Å². The molecule has 0 radical (unpaired) electrons. The average molecular weight is 558 g/mol. The maximum Gasteiger partial charge on any atom is 0.416 e. The number of piperazine rings is 1. The first-order valence-electron chi connectivity index (χ1n) is 12.5. The molecule has 2 aliphatic rings. The second-order valence-corrected chi connectivity index (χ2v) is 10.3. The van der Waals surface area contributed by atoms with E-state index in [-0.39, 0.29) is 24.6 Å². The number of aliphatic hydroxyl groups is 1. The molecule has 6 nitrogen and oxygen atoms in total. The third kappa shape index (κ3) is 6.22. The van der Waals surface area contributed by atoms with Crippen LogP contribution in [-0.2, 0) is 33.1 Å². The zero-order valence-corrected chi connectivity index (χ0v) is 21.1. The van der Waals surface area contributed by atoms with Crippen molar-refractivity contribution in [3.05, 3.63) is 70.8 Å². The molecule has 4 rings (SSSR count). The summed E-state index contributed by atoms with van der Waals surface area (Å²) in [5.74, 6) is -1.19. The Morgan fingerprint density at radius 2 is 1.51 bits per heavy atom. The van der Waals surface area contributed by atoms with E-state index in [1.807, 2.05) is 0 Å². The maximum atomic E-state index is 13.5. The largest absolute Gasteiger partial charge is 0.416 e. The van der Waals surface area contributed by atoms with Crippen LogP contribution < -0.4 is 10.6 Å². The quantitative estimate of drug-likeness (QED) is 0.479. The molecular formula is C27H29F6N3O3. The lowest BCUT2D eigenvalue weighted by Gasteiger charge is -2.46. The highest BCUT2D eigenvalue weighted by Crippen LogP contribution is 2.42. The predicted octanol–water partition coefficient (Wildman–Crippen LogP) is 4.32. The van der Waals surface area contributed by atoms with Gasteiger partial charge in [-0.2, -0.15) is 26.3 Å². The van der Waals surface area contributed by atoms with Gasteiger partial charge in [-0.15, -0.1) is 0 Å². The van der Waals surface area contributed by atoms with Gasteiger partial charge in [0.2, 0.25) is 5.91 Å². The summed E-state index contributed by atoms with van der Waals surface area (Å²) < 4.78 is 80.5. The van der Waals surface area contributed by atoms with Crippen LogP contribution in [0.4, 0.5) is 26.3 Å². The van der Waals surface area contributed by atoms with Gasteiger partial charge in [0.15, 0.2) is 5.60 Å². The van der Waals surface area contributed by atoms with Gasteiger partial charge >= 0.3 is 12.4 Å². The molecule has 1 aliphatic carbocycles. The van der Waals surface area contributed by atoms with Crippen LogP contribution in [0.5, 0.6) is 0 Å². The predicted molar refractivity (Wildman–Crippen MR) is 129 cm³/mol. The lowest BCUT2D eigenvalue weighted by atomic mass is 9.73. The van der Waals surface area contributed by atoms with E-state index >= 15 is 0 Å². The Balaban J connectivity index is 1.64. The smallest absolute Gasteiger partial charge is 0.376 e. The lowest BCUT2D eigenvalue weighted by Crippen LogP contribution is -2.57. The number of nitrogens with zero attached hydrogens (tertiary/aromatic N) is 1. The standard InChI is InChI=1S/C27H29F6N3O3/c1-24(39,18-13-19(26(28,29)30)15-20(14-18)27(31,32)33)23(38)35-25(17-5-3-2-4-6-17)9-7-21(8-10-25)36-12-11-34-22(37)16-36/h2-6,13-15,21,39H,7-12,16H2,1H3,(H,34,37)(H,35,38)/t21-,24?,25-. The van der Waals surface area contributed by atoms with Crippen molar-refractivity contribution in [2.24, 2.45) is 0 Å². The first-order valence-corrected chi connectivity index (χ1v) is 12.5. The molecule has 2 aromatic rings. The van der Waals surface area contributed by atoms with Crippen molar-refractivity contribution in [1.29, 1.82) is 0 Å². The fourth-order valence-electron chi connectivity index (χ4n) is 5.38. The van der Waals surface area contributed by atoms with Gasteiger partial charge < -0.3 is 15.7 Å². The Morgan fingerprint density at radius 3 is 2.03 bits per heavy atom. The summed E-state index contributed by atoms with van der Waals surface area (Å²) in [6, 6.07) is 9.56. The minimum Gasteiger partial charge on any atom is -0.376 e. The van der Waals surface area contributed by atoms with Gasteiger partial charge in [0.25, 0.3) is 5.91 Å². The fraction of sp³-hybridized carbons (Fsp3) is 0.481. The highest BCUT2D eigenvalue weighted by Gasteiger charge is 2.45. The van der Waals surface area contributed by atoms with Gasteiger partial charge in [0.05, 0.1) is 23.2 Å². The molecule has 0 spiro atoms. The molecule has 1 atom stereocenters. The molecule has 0 aromatic heterocycles. The number of halogens is 6. The Morgan fingerprint density at radius 1 is 0.974 bits per heavy atom. The number of alkyl halides is 6. The van der Waals surface area contributed by atoms with Crippen molar-refractivity contribution in [2.75, 3.05) is 19.6 Å². The third-order valence-corrected chi connectivity index (χ3v) is 7.66. The Kier molecular flexibility index (Phi) is 7.74. The van der Waals surface area contributed by atoms with Crippen molar-refractivity contribution < 1.29 is 41.0 Å². The van der Waals surface area contributed by atoms with Crippen molar-refractivity contribution in [3.63, 3.8) is 0 Å². The topological polar surface area (TPSA) is 81.7 Å². The van der Waals surface area contributed by atoms with E-state index in [0.717, 1.165) is 6.92 Å². The molecule has 2 fully saturated rings. The Bertz CT molecular complexity index is 1170. The Hall–Kier alpha value is -3.12. The van der Waals surface area contributed by atoms with Crippen molar-refractivity contribution in [3.8, 4) is 0 Å². The van der Waals surface area contributed by atoms with Crippen LogP contribution >= 0.6 is 0 Å². The van der Waals surface area contributed by atoms with Gasteiger partial charge in [-0.1, -0.05) is 30.3 Å². The number of hydrogen-bond donors (Lipinski definition) is 3. The van der Waals surface area contributed by atoms with Crippen molar-refractivity contribution in [1.82, 2.24) is 15.5 Å².